The number of thioether (sulfide) groups is 1. The first-order valence-corrected chi connectivity index (χ1v) is 10.2. The average Bonchev–Trinajstić information content (AvgIpc) is 3.15. The Kier molecular flexibility index (Phi) is 8.19. The van der Waals surface area contributed by atoms with Gasteiger partial charge < -0.3 is 20.0 Å². The van der Waals surface area contributed by atoms with E-state index in [1.54, 1.807) is 16.7 Å². The van der Waals surface area contributed by atoms with E-state index >= 15 is 0 Å². The summed E-state index contributed by atoms with van der Waals surface area (Å²) in [5.74, 6) is 0.0604. The number of hydrogen-bond acceptors (Lipinski definition) is 5. The summed E-state index contributed by atoms with van der Waals surface area (Å²) in [7, 11) is 0. The van der Waals surface area contributed by atoms with Crippen molar-refractivity contribution in [3.05, 3.63) is 42.1 Å². The van der Waals surface area contributed by atoms with E-state index in [0.29, 0.717) is 19.0 Å². The molecule has 0 saturated heterocycles. The van der Waals surface area contributed by atoms with E-state index in [4.69, 9.17) is 4.42 Å². The zero-order chi connectivity index (χ0) is 19.6. The van der Waals surface area contributed by atoms with Gasteiger partial charge in [0.05, 0.1) is 6.54 Å². The molecule has 0 aliphatic carbocycles. The number of rotatable bonds is 9. The lowest BCUT2D eigenvalue weighted by Gasteiger charge is -2.21. The lowest BCUT2D eigenvalue weighted by atomic mass is 10.3. The molecule has 0 unspecified atom stereocenters. The fraction of sp³-hybridized carbons (Fsp3) is 0.421. The summed E-state index contributed by atoms with van der Waals surface area (Å²) in [6.45, 7) is 5.30. The van der Waals surface area contributed by atoms with E-state index in [2.05, 4.69) is 15.6 Å². The van der Waals surface area contributed by atoms with Crippen molar-refractivity contribution in [2.24, 2.45) is 0 Å². The topological polar surface area (TPSA) is 87.5 Å². The SMILES string of the molecule is CCCNC(=O)c1coc(CN(CCC)C(=O)Nc2ccc(SC)cc2)n1. The van der Waals surface area contributed by atoms with E-state index in [1.807, 2.05) is 44.4 Å². The Labute approximate surface area is 163 Å². The van der Waals surface area contributed by atoms with E-state index < -0.39 is 0 Å². The minimum Gasteiger partial charge on any atom is -0.446 e. The molecule has 7 nitrogen and oxygen atoms in total. The molecule has 0 spiro atoms. The lowest BCUT2D eigenvalue weighted by Crippen LogP contribution is -2.35. The monoisotopic (exact) mass is 390 g/mol. The number of benzene rings is 1. The van der Waals surface area contributed by atoms with Gasteiger partial charge in [0.15, 0.2) is 5.69 Å². The number of urea groups is 1. The fourth-order valence-corrected chi connectivity index (χ4v) is 2.79. The highest BCUT2D eigenvalue weighted by atomic mass is 32.2. The third-order valence-electron chi connectivity index (χ3n) is 3.77. The van der Waals surface area contributed by atoms with Crippen LogP contribution in [-0.4, -0.2) is 41.2 Å². The first kappa shape index (κ1) is 20.8. The molecule has 8 heteroatoms. The highest BCUT2D eigenvalue weighted by Gasteiger charge is 2.18. The van der Waals surface area contributed by atoms with Crippen molar-refractivity contribution in [2.45, 2.75) is 38.1 Å². The highest BCUT2D eigenvalue weighted by molar-refractivity contribution is 7.98. The second-order valence-corrected chi connectivity index (χ2v) is 6.84. The maximum Gasteiger partial charge on any atom is 0.322 e. The van der Waals surface area contributed by atoms with Crippen LogP contribution in [0.2, 0.25) is 0 Å². The van der Waals surface area contributed by atoms with Crippen LogP contribution >= 0.6 is 11.8 Å². The van der Waals surface area contributed by atoms with Gasteiger partial charge in [-0.25, -0.2) is 9.78 Å². The van der Waals surface area contributed by atoms with Crippen molar-refractivity contribution < 1.29 is 14.0 Å². The van der Waals surface area contributed by atoms with Gasteiger partial charge in [0.2, 0.25) is 5.89 Å². The molecule has 1 heterocycles. The number of hydrogen-bond donors (Lipinski definition) is 2. The Morgan fingerprint density at radius 1 is 1.19 bits per heavy atom. The molecule has 2 aromatic rings. The molecule has 0 radical (unpaired) electrons. The zero-order valence-electron chi connectivity index (χ0n) is 15.9. The Balaban J connectivity index is 2.00. The highest BCUT2D eigenvalue weighted by Crippen LogP contribution is 2.18. The minimum atomic E-state index is -0.271. The summed E-state index contributed by atoms with van der Waals surface area (Å²) in [5, 5.41) is 5.63. The summed E-state index contributed by atoms with van der Waals surface area (Å²) in [4.78, 5) is 31.5. The molecule has 146 valence electrons. The normalized spacial score (nSPS) is 10.5. The molecule has 1 aromatic heterocycles. The number of carbonyl (C=O) groups excluding carboxylic acids is 2. The third-order valence-corrected chi connectivity index (χ3v) is 4.51. The Morgan fingerprint density at radius 2 is 1.93 bits per heavy atom. The van der Waals surface area contributed by atoms with Gasteiger partial charge in [-0.1, -0.05) is 13.8 Å². The predicted molar refractivity (Wildman–Crippen MR) is 107 cm³/mol. The molecule has 0 fully saturated rings. The van der Waals surface area contributed by atoms with Gasteiger partial charge in [-0.2, -0.15) is 0 Å². The fourth-order valence-electron chi connectivity index (χ4n) is 2.38. The van der Waals surface area contributed by atoms with Crippen LogP contribution in [0.4, 0.5) is 10.5 Å². The van der Waals surface area contributed by atoms with Crippen molar-refractivity contribution in [1.29, 1.82) is 0 Å². The number of oxazole rings is 1. The number of anilines is 1. The molecule has 0 aliphatic heterocycles. The van der Waals surface area contributed by atoms with Gasteiger partial charge in [-0.3, -0.25) is 4.79 Å². The maximum atomic E-state index is 12.6. The van der Waals surface area contributed by atoms with Crippen molar-refractivity contribution in [3.63, 3.8) is 0 Å². The summed E-state index contributed by atoms with van der Waals surface area (Å²) >= 11 is 1.65. The van der Waals surface area contributed by atoms with Gasteiger partial charge in [0.25, 0.3) is 5.91 Å². The molecule has 2 rings (SSSR count). The summed E-state index contributed by atoms with van der Waals surface area (Å²) in [5.41, 5.74) is 0.953. The molecule has 0 bridgehead atoms. The number of carbonyl (C=O) groups is 2. The molecular formula is C19H26N4O3S. The van der Waals surface area contributed by atoms with Gasteiger partial charge in [0.1, 0.15) is 6.26 Å². The molecule has 2 N–H and O–H groups in total. The number of nitrogens with one attached hydrogen (secondary N) is 2. The summed E-state index contributed by atoms with van der Waals surface area (Å²) in [6.07, 6.45) is 4.97. The second kappa shape index (κ2) is 10.6. The van der Waals surface area contributed by atoms with Crippen molar-refractivity contribution in [2.75, 3.05) is 24.7 Å². The average molecular weight is 391 g/mol. The van der Waals surface area contributed by atoms with Gasteiger partial charge in [-0.05, 0) is 43.4 Å². The molecule has 0 saturated carbocycles. The van der Waals surface area contributed by atoms with Crippen molar-refractivity contribution in [1.82, 2.24) is 15.2 Å². The number of nitrogens with zero attached hydrogens (tertiary/aromatic N) is 2. The molecule has 0 aliphatic rings. The predicted octanol–water partition coefficient (Wildman–Crippen LogP) is 3.98. The number of amides is 3. The largest absolute Gasteiger partial charge is 0.446 e. The van der Waals surface area contributed by atoms with Gasteiger partial charge in [0, 0.05) is 23.7 Å². The minimum absolute atomic E-state index is 0.198. The van der Waals surface area contributed by atoms with Crippen LogP contribution in [0.1, 0.15) is 43.1 Å². The van der Waals surface area contributed by atoms with Crippen LogP contribution in [0, 0.1) is 0 Å². The second-order valence-electron chi connectivity index (χ2n) is 5.96. The maximum absolute atomic E-state index is 12.6. The first-order valence-electron chi connectivity index (χ1n) is 9.00. The van der Waals surface area contributed by atoms with Crippen LogP contribution < -0.4 is 10.6 Å². The van der Waals surface area contributed by atoms with Crippen LogP contribution in [0.15, 0.2) is 39.8 Å². The molecule has 3 amide bonds. The summed E-state index contributed by atoms with van der Waals surface area (Å²) in [6, 6.07) is 7.42. The van der Waals surface area contributed by atoms with Crippen LogP contribution in [0.5, 0.6) is 0 Å². The van der Waals surface area contributed by atoms with Crippen LogP contribution in [0.25, 0.3) is 0 Å². The van der Waals surface area contributed by atoms with E-state index in [0.717, 1.165) is 23.4 Å². The van der Waals surface area contributed by atoms with Crippen LogP contribution in [0.3, 0.4) is 0 Å². The Bertz CT molecular complexity index is 746. The third kappa shape index (κ3) is 6.32. The van der Waals surface area contributed by atoms with Gasteiger partial charge >= 0.3 is 6.03 Å². The van der Waals surface area contributed by atoms with E-state index in [9.17, 15) is 9.59 Å². The smallest absolute Gasteiger partial charge is 0.322 e. The van der Waals surface area contributed by atoms with E-state index in [1.165, 1.54) is 6.26 Å². The quantitative estimate of drug-likeness (QED) is 0.632. The first-order chi connectivity index (χ1) is 13.1. The summed E-state index contributed by atoms with van der Waals surface area (Å²) < 4.78 is 5.38. The molecule has 27 heavy (non-hydrogen) atoms. The molecular weight excluding hydrogens is 364 g/mol. The number of aromatic nitrogens is 1. The Morgan fingerprint density at radius 3 is 2.56 bits per heavy atom. The zero-order valence-corrected chi connectivity index (χ0v) is 16.8. The molecule has 0 atom stereocenters. The standard InChI is InChI=1S/C19H26N4O3S/c1-4-10-20-18(24)16-13-26-17(22-16)12-23(11-5-2)19(25)21-14-6-8-15(27-3)9-7-14/h6-9,13H,4-5,10-12H2,1-3H3,(H,20,24)(H,21,25). The van der Waals surface area contributed by atoms with Gasteiger partial charge in [-0.15, -0.1) is 11.8 Å². The van der Waals surface area contributed by atoms with Crippen molar-refractivity contribution >= 4 is 29.4 Å². The molecule has 1 aromatic carbocycles. The van der Waals surface area contributed by atoms with Crippen molar-refractivity contribution in [3.8, 4) is 0 Å². The van der Waals surface area contributed by atoms with Crippen LogP contribution in [-0.2, 0) is 6.54 Å². The van der Waals surface area contributed by atoms with E-state index in [-0.39, 0.29) is 24.2 Å². The lowest BCUT2D eigenvalue weighted by molar-refractivity contribution is 0.0948. The Hall–Kier alpha value is -2.48.